The van der Waals surface area contributed by atoms with Crippen LogP contribution in [0.2, 0.25) is 0 Å². The van der Waals surface area contributed by atoms with Crippen LogP contribution < -0.4 is 0 Å². The first-order valence-corrected chi connectivity index (χ1v) is 9.87. The van der Waals surface area contributed by atoms with Crippen molar-refractivity contribution in [3.05, 3.63) is 59.2 Å². The van der Waals surface area contributed by atoms with Crippen LogP contribution in [0.4, 0.5) is 4.79 Å². The van der Waals surface area contributed by atoms with Gasteiger partial charge >= 0.3 is 12.1 Å². The molecule has 6 heteroatoms. The van der Waals surface area contributed by atoms with Crippen LogP contribution in [0, 0.1) is 0 Å². The third-order valence-corrected chi connectivity index (χ3v) is 5.10. The van der Waals surface area contributed by atoms with E-state index in [2.05, 4.69) is 30.8 Å². The molecule has 0 saturated carbocycles. The largest absolute Gasteiger partial charge is 0.480 e. The first kappa shape index (κ1) is 20.3. The van der Waals surface area contributed by atoms with E-state index in [1.54, 1.807) is 20.8 Å². The van der Waals surface area contributed by atoms with Gasteiger partial charge in [-0.1, -0.05) is 42.5 Å². The van der Waals surface area contributed by atoms with E-state index in [0.717, 1.165) is 23.1 Å². The molecule has 5 nitrogen and oxygen atoms in total. The Bertz CT molecular complexity index is 904. The van der Waals surface area contributed by atoms with Gasteiger partial charge in [0.15, 0.2) is 0 Å². The van der Waals surface area contributed by atoms with Crippen LogP contribution >= 0.6 is 12.6 Å². The molecule has 0 fully saturated rings. The monoisotopic (exact) mass is 399 g/mol. The Labute approximate surface area is 170 Å². The van der Waals surface area contributed by atoms with Crippen LogP contribution in [0.25, 0.3) is 11.1 Å². The summed E-state index contributed by atoms with van der Waals surface area (Å²) in [4.78, 5) is 25.8. The zero-order chi connectivity index (χ0) is 20.5. The van der Waals surface area contributed by atoms with Crippen molar-refractivity contribution in [3.8, 4) is 11.1 Å². The van der Waals surface area contributed by atoms with Gasteiger partial charge in [0.05, 0.1) is 6.54 Å². The first-order valence-electron chi connectivity index (χ1n) is 9.23. The minimum absolute atomic E-state index is 0.00380. The van der Waals surface area contributed by atoms with Crippen LogP contribution in [0.1, 0.15) is 37.5 Å². The molecule has 0 saturated heterocycles. The van der Waals surface area contributed by atoms with Gasteiger partial charge in [0.1, 0.15) is 11.6 Å². The van der Waals surface area contributed by atoms with Crippen LogP contribution in [0.5, 0.6) is 0 Å². The highest BCUT2D eigenvalue weighted by Crippen LogP contribution is 2.38. The lowest BCUT2D eigenvalue weighted by Crippen LogP contribution is -2.48. The second kappa shape index (κ2) is 7.87. The summed E-state index contributed by atoms with van der Waals surface area (Å²) in [6, 6.07) is 13.1. The van der Waals surface area contributed by atoms with Crippen molar-refractivity contribution in [3.63, 3.8) is 0 Å². The van der Waals surface area contributed by atoms with Crippen molar-refractivity contribution in [2.24, 2.45) is 0 Å². The van der Waals surface area contributed by atoms with Gasteiger partial charge in [0.2, 0.25) is 0 Å². The number of carboxylic acid groups (broad SMARTS) is 1. The number of carbonyl (C=O) groups excluding carboxylic acids is 1. The highest BCUT2D eigenvalue weighted by molar-refractivity contribution is 7.80. The van der Waals surface area contributed by atoms with Crippen LogP contribution in [-0.2, 0) is 22.5 Å². The van der Waals surface area contributed by atoms with Crippen molar-refractivity contribution in [1.82, 2.24) is 4.90 Å². The Morgan fingerprint density at radius 3 is 2.46 bits per heavy atom. The normalized spacial score (nSPS) is 13.4. The van der Waals surface area contributed by atoms with Gasteiger partial charge in [-0.2, -0.15) is 12.6 Å². The number of benzene rings is 2. The number of thiol groups is 1. The number of hydrogen-bond acceptors (Lipinski definition) is 4. The molecule has 1 atom stereocenters. The maximum absolute atomic E-state index is 12.8. The van der Waals surface area contributed by atoms with E-state index < -0.39 is 23.7 Å². The molecule has 28 heavy (non-hydrogen) atoms. The van der Waals surface area contributed by atoms with Crippen molar-refractivity contribution >= 4 is 24.7 Å². The molecule has 148 valence electrons. The van der Waals surface area contributed by atoms with E-state index in [1.807, 2.05) is 24.3 Å². The van der Waals surface area contributed by atoms with Crippen molar-refractivity contribution in [2.75, 3.05) is 5.75 Å². The quantitative estimate of drug-likeness (QED) is 0.625. The van der Waals surface area contributed by atoms with Gasteiger partial charge in [0, 0.05) is 5.75 Å². The van der Waals surface area contributed by atoms with Crippen LogP contribution in [-0.4, -0.2) is 39.5 Å². The van der Waals surface area contributed by atoms with Crippen LogP contribution in [0.3, 0.4) is 0 Å². The van der Waals surface area contributed by atoms with Gasteiger partial charge in [-0.3, -0.25) is 4.90 Å². The zero-order valence-electron chi connectivity index (χ0n) is 16.3. The standard InChI is InChI=1S/C22H25NO4S/c1-22(2,3)27-21(26)23(19(13-28)20(24)25)12-15-8-6-10-17-16-9-5-4-7-14(16)11-18(15)17/h4-10,19,28H,11-13H2,1-3H3,(H,24,25)/t19-/m1/s1. The fourth-order valence-electron chi connectivity index (χ4n) is 3.49. The van der Waals surface area contributed by atoms with E-state index in [-0.39, 0.29) is 12.3 Å². The molecule has 0 bridgehead atoms. The fraction of sp³-hybridized carbons (Fsp3) is 0.364. The number of carboxylic acids is 1. The predicted octanol–water partition coefficient (Wildman–Crippen LogP) is 4.38. The van der Waals surface area contributed by atoms with E-state index in [4.69, 9.17) is 4.74 Å². The molecular weight excluding hydrogens is 374 g/mol. The minimum atomic E-state index is -1.10. The van der Waals surface area contributed by atoms with Gasteiger partial charge in [-0.05, 0) is 55.0 Å². The van der Waals surface area contributed by atoms with Gasteiger partial charge < -0.3 is 9.84 Å². The summed E-state index contributed by atoms with van der Waals surface area (Å²) in [7, 11) is 0. The number of hydrogen-bond donors (Lipinski definition) is 2. The predicted molar refractivity (Wildman–Crippen MR) is 112 cm³/mol. The Morgan fingerprint density at radius 2 is 1.82 bits per heavy atom. The summed E-state index contributed by atoms with van der Waals surface area (Å²) in [5.74, 6) is -1.10. The number of carbonyl (C=O) groups is 2. The summed E-state index contributed by atoms with van der Waals surface area (Å²) in [5.41, 5.74) is 4.89. The minimum Gasteiger partial charge on any atom is -0.480 e. The number of amides is 1. The van der Waals surface area contributed by atoms with Crippen molar-refractivity contribution in [2.45, 2.75) is 45.4 Å². The highest BCUT2D eigenvalue weighted by atomic mass is 32.1. The average molecular weight is 400 g/mol. The van der Waals surface area contributed by atoms with Crippen molar-refractivity contribution in [1.29, 1.82) is 0 Å². The summed E-state index contributed by atoms with van der Waals surface area (Å²) in [5, 5.41) is 9.61. The molecule has 2 aromatic carbocycles. The Kier molecular flexibility index (Phi) is 5.70. The van der Waals surface area contributed by atoms with Gasteiger partial charge in [-0.25, -0.2) is 9.59 Å². The van der Waals surface area contributed by atoms with Gasteiger partial charge in [0.25, 0.3) is 0 Å². The SMILES string of the molecule is CC(C)(C)OC(=O)N(Cc1cccc2c1Cc1ccccc1-2)[C@H](CS)C(=O)O. The summed E-state index contributed by atoms with van der Waals surface area (Å²) < 4.78 is 5.48. The molecule has 0 aromatic heterocycles. The zero-order valence-corrected chi connectivity index (χ0v) is 17.2. The van der Waals surface area contributed by atoms with Crippen molar-refractivity contribution < 1.29 is 19.4 Å². The maximum Gasteiger partial charge on any atom is 0.411 e. The fourth-order valence-corrected chi connectivity index (χ4v) is 3.84. The molecule has 0 spiro atoms. The Balaban J connectivity index is 1.96. The average Bonchev–Trinajstić information content (AvgIpc) is 2.99. The second-order valence-electron chi connectivity index (χ2n) is 7.92. The van der Waals surface area contributed by atoms with E-state index >= 15 is 0 Å². The molecule has 2 aromatic rings. The lowest BCUT2D eigenvalue weighted by molar-refractivity contribution is -0.142. The summed E-state index contributed by atoms with van der Waals surface area (Å²) >= 11 is 4.16. The molecular formula is C22H25NO4S. The number of rotatable bonds is 5. The molecule has 0 radical (unpaired) electrons. The lowest BCUT2D eigenvalue weighted by Gasteiger charge is -2.31. The lowest BCUT2D eigenvalue weighted by atomic mass is 10.0. The molecule has 3 rings (SSSR count). The maximum atomic E-state index is 12.8. The third kappa shape index (κ3) is 4.17. The topological polar surface area (TPSA) is 66.8 Å². The molecule has 0 aliphatic heterocycles. The molecule has 1 N–H and O–H groups in total. The molecule has 1 amide bonds. The molecule has 1 aliphatic rings. The van der Waals surface area contributed by atoms with Gasteiger partial charge in [-0.15, -0.1) is 0 Å². The van der Waals surface area contributed by atoms with E-state index in [1.165, 1.54) is 16.0 Å². The first-order chi connectivity index (χ1) is 13.2. The number of fused-ring (bicyclic) bond motifs is 3. The Hall–Kier alpha value is -2.47. The molecule has 0 heterocycles. The highest BCUT2D eigenvalue weighted by Gasteiger charge is 2.33. The Morgan fingerprint density at radius 1 is 1.14 bits per heavy atom. The number of aliphatic carboxylic acids is 1. The molecule has 1 aliphatic carbocycles. The third-order valence-electron chi connectivity index (χ3n) is 4.75. The second-order valence-corrected chi connectivity index (χ2v) is 8.29. The molecule has 0 unspecified atom stereocenters. The smallest absolute Gasteiger partial charge is 0.411 e. The summed E-state index contributed by atoms with van der Waals surface area (Å²) in [6.45, 7) is 5.44. The van der Waals surface area contributed by atoms with E-state index in [0.29, 0.717) is 0 Å². The summed E-state index contributed by atoms with van der Waals surface area (Å²) in [6.07, 6.45) is 0.115. The number of ether oxygens (including phenoxy) is 1. The number of nitrogens with zero attached hydrogens (tertiary/aromatic N) is 1. The van der Waals surface area contributed by atoms with E-state index in [9.17, 15) is 14.7 Å². The van der Waals surface area contributed by atoms with Crippen LogP contribution in [0.15, 0.2) is 42.5 Å².